The molecule has 0 saturated heterocycles. The molecule has 2 aliphatic carbocycles. The zero-order valence-corrected chi connectivity index (χ0v) is 28.1. The Hall–Kier alpha value is -5.28. The van der Waals surface area contributed by atoms with E-state index in [-0.39, 0.29) is 29.2 Å². The fraction of sp³-hybridized carbons (Fsp3) is 0.444. The average molecular weight is 710 g/mol. The summed E-state index contributed by atoms with van der Waals surface area (Å²) in [5.74, 6) is -8.70. The summed E-state index contributed by atoms with van der Waals surface area (Å²) in [4.78, 5) is 75.2. The largest absolute Gasteiger partial charge is 0.504 e. The predicted molar refractivity (Wildman–Crippen MR) is 173 cm³/mol. The smallest absolute Gasteiger partial charge is 0.353 e. The van der Waals surface area contributed by atoms with Crippen LogP contribution in [-0.2, 0) is 54.8 Å². The molecular weight excluding hydrogens is 670 g/mol. The van der Waals surface area contributed by atoms with Crippen molar-refractivity contribution >= 4 is 35.6 Å². The first-order valence-corrected chi connectivity index (χ1v) is 16.4. The van der Waals surface area contributed by atoms with Crippen molar-refractivity contribution in [3.63, 3.8) is 0 Å². The maximum absolute atomic E-state index is 13.6. The SMILES string of the molecule is CC[C@]12c3c4ccc(O)c3O[C@H]1C(OC(=O)C[C@H](CC(C)=O)C(=O)O[C@H](C(=O)O[C@H](CC(=O)O)C(=O)O)c1ccccc1)=CC[C@@]2(O)[C@H](NC)C4. The van der Waals surface area contributed by atoms with E-state index in [9.17, 15) is 44.1 Å². The van der Waals surface area contributed by atoms with Crippen LogP contribution in [0.4, 0.5) is 0 Å². The minimum absolute atomic E-state index is 0.0450. The molecule has 0 saturated carbocycles. The van der Waals surface area contributed by atoms with Gasteiger partial charge in [0.15, 0.2) is 17.6 Å². The molecule has 15 heteroatoms. The highest BCUT2D eigenvalue weighted by atomic mass is 16.6. The number of carbonyl (C=O) groups is 6. The zero-order chi connectivity index (χ0) is 37.2. The van der Waals surface area contributed by atoms with Crippen LogP contribution in [0.2, 0.25) is 0 Å². The Morgan fingerprint density at radius 2 is 1.69 bits per heavy atom. The van der Waals surface area contributed by atoms with Gasteiger partial charge in [0.2, 0.25) is 12.2 Å². The van der Waals surface area contributed by atoms with E-state index in [2.05, 4.69) is 5.32 Å². The van der Waals surface area contributed by atoms with Crippen molar-refractivity contribution < 1.29 is 68.1 Å². The minimum Gasteiger partial charge on any atom is -0.504 e. The standard InChI is InChI=1S/C36H39NO14/c1-4-35-28-20-10-11-22(39)30(28)50-31(35)23(12-13-36(35,47)25(15-20)37-3)48-27(42)16-21(14-18(2)38)33(45)51-29(19-8-6-5-7-9-19)34(46)49-24(32(43)44)17-26(40)41/h5-12,21,24-25,29,31,37,39,47H,4,13-17H2,1-3H3,(H,40,41)(H,43,44)/t21-,24+,25+,29-,31-,35-,36+/m0/s1. The number of carbonyl (C=O) groups excluding carboxylic acids is 4. The first kappa shape index (κ1) is 37.0. The van der Waals surface area contributed by atoms with Gasteiger partial charge in [-0.3, -0.25) is 14.4 Å². The Kier molecular flexibility index (Phi) is 10.5. The van der Waals surface area contributed by atoms with E-state index in [0.717, 1.165) is 5.56 Å². The van der Waals surface area contributed by atoms with Gasteiger partial charge in [-0.15, -0.1) is 0 Å². The number of esters is 3. The molecule has 5 rings (SSSR count). The molecule has 2 aromatic carbocycles. The molecule has 0 amide bonds. The third-order valence-electron chi connectivity index (χ3n) is 9.86. The molecule has 1 aliphatic heterocycles. The van der Waals surface area contributed by atoms with Crippen LogP contribution in [0.5, 0.6) is 11.5 Å². The molecule has 272 valence electrons. The monoisotopic (exact) mass is 709 g/mol. The van der Waals surface area contributed by atoms with Gasteiger partial charge in [-0.2, -0.15) is 0 Å². The van der Waals surface area contributed by atoms with E-state index in [1.807, 2.05) is 6.92 Å². The topological polar surface area (TPSA) is 232 Å². The summed E-state index contributed by atoms with van der Waals surface area (Å²) in [5, 5.41) is 44.6. The number of hydrogen-bond acceptors (Lipinski definition) is 13. The molecule has 3 aliphatic rings. The fourth-order valence-electron chi connectivity index (χ4n) is 7.57. The van der Waals surface area contributed by atoms with Crippen molar-refractivity contribution in [3.8, 4) is 11.5 Å². The van der Waals surface area contributed by atoms with Crippen LogP contribution < -0.4 is 10.1 Å². The summed E-state index contributed by atoms with van der Waals surface area (Å²) in [6.45, 7) is 3.04. The number of ketones is 1. The number of phenolic OH excluding ortho intramolecular Hbond substituents is 1. The quantitative estimate of drug-likeness (QED) is 0.132. The Morgan fingerprint density at radius 1 is 0.980 bits per heavy atom. The Balaban J connectivity index is 1.39. The van der Waals surface area contributed by atoms with Crippen LogP contribution in [0.15, 0.2) is 54.3 Å². The lowest BCUT2D eigenvalue weighted by Crippen LogP contribution is -2.70. The summed E-state index contributed by atoms with van der Waals surface area (Å²) in [6, 6.07) is 10.2. The normalized spacial score (nSPS) is 24.4. The molecule has 15 nitrogen and oxygen atoms in total. The van der Waals surface area contributed by atoms with Crippen LogP contribution in [-0.4, -0.2) is 87.0 Å². The third kappa shape index (κ3) is 6.78. The summed E-state index contributed by atoms with van der Waals surface area (Å²) in [6.07, 6.45) is -4.86. The molecule has 0 radical (unpaired) electrons. The number of aliphatic hydroxyl groups is 1. The number of rotatable bonds is 15. The summed E-state index contributed by atoms with van der Waals surface area (Å²) in [7, 11) is 1.74. The van der Waals surface area contributed by atoms with Crippen molar-refractivity contribution in [2.45, 2.75) is 87.7 Å². The van der Waals surface area contributed by atoms with Crippen LogP contribution in [0, 0.1) is 5.92 Å². The van der Waals surface area contributed by atoms with Gasteiger partial charge in [0.1, 0.15) is 11.5 Å². The predicted octanol–water partition coefficient (Wildman–Crippen LogP) is 2.25. The molecular formula is C36H39NO14. The van der Waals surface area contributed by atoms with Gasteiger partial charge >= 0.3 is 29.8 Å². The molecule has 0 spiro atoms. The second-order valence-corrected chi connectivity index (χ2v) is 12.9. The molecule has 5 N–H and O–H groups in total. The zero-order valence-electron chi connectivity index (χ0n) is 28.1. The van der Waals surface area contributed by atoms with Gasteiger partial charge in [-0.1, -0.05) is 43.3 Å². The molecule has 0 aromatic heterocycles. The maximum atomic E-state index is 13.6. The van der Waals surface area contributed by atoms with Gasteiger partial charge in [0.05, 0.1) is 29.8 Å². The van der Waals surface area contributed by atoms with Crippen LogP contribution in [0.25, 0.3) is 0 Å². The Labute approximate surface area is 292 Å². The number of aromatic hydroxyl groups is 1. The first-order chi connectivity index (χ1) is 24.2. The second-order valence-electron chi connectivity index (χ2n) is 12.9. The van der Waals surface area contributed by atoms with E-state index < -0.39 is 96.2 Å². The number of hydrogen-bond donors (Lipinski definition) is 5. The Bertz CT molecular complexity index is 1770. The highest BCUT2D eigenvalue weighted by molar-refractivity contribution is 5.89. The van der Waals surface area contributed by atoms with Gasteiger partial charge in [0.25, 0.3) is 0 Å². The molecule has 7 atom stereocenters. The van der Waals surface area contributed by atoms with Gasteiger partial charge in [-0.25, -0.2) is 9.59 Å². The van der Waals surface area contributed by atoms with E-state index in [1.54, 1.807) is 19.2 Å². The Morgan fingerprint density at radius 3 is 2.29 bits per heavy atom. The number of ether oxygens (including phenoxy) is 4. The lowest BCUT2D eigenvalue weighted by molar-refractivity contribution is -0.181. The number of nitrogens with one attached hydrogen (secondary N) is 1. The van der Waals surface area contributed by atoms with Crippen molar-refractivity contribution in [1.82, 2.24) is 5.32 Å². The summed E-state index contributed by atoms with van der Waals surface area (Å²) < 4.78 is 22.4. The molecule has 1 heterocycles. The highest BCUT2D eigenvalue weighted by Gasteiger charge is 2.69. The fourth-order valence-corrected chi connectivity index (χ4v) is 7.57. The van der Waals surface area contributed by atoms with Crippen molar-refractivity contribution in [2.75, 3.05) is 7.05 Å². The molecule has 0 bridgehead atoms. The van der Waals surface area contributed by atoms with Gasteiger partial charge in [-0.05, 0) is 44.5 Å². The molecule has 51 heavy (non-hydrogen) atoms. The maximum Gasteiger partial charge on any atom is 0.353 e. The van der Waals surface area contributed by atoms with E-state index >= 15 is 0 Å². The number of carboxylic acid groups (broad SMARTS) is 2. The number of carboxylic acids is 2. The van der Waals surface area contributed by atoms with Crippen LogP contribution in [0.1, 0.15) is 68.7 Å². The first-order valence-electron chi connectivity index (χ1n) is 16.4. The van der Waals surface area contributed by atoms with Crippen molar-refractivity contribution in [2.24, 2.45) is 5.92 Å². The van der Waals surface area contributed by atoms with Crippen LogP contribution >= 0.6 is 0 Å². The minimum atomic E-state index is -2.09. The van der Waals surface area contributed by atoms with Crippen molar-refractivity contribution in [3.05, 3.63) is 71.0 Å². The van der Waals surface area contributed by atoms with Gasteiger partial charge in [0, 0.05) is 30.0 Å². The van der Waals surface area contributed by atoms with Crippen LogP contribution in [0.3, 0.4) is 0 Å². The molecule has 0 unspecified atom stereocenters. The third-order valence-corrected chi connectivity index (χ3v) is 9.86. The lowest BCUT2D eigenvalue weighted by Gasteiger charge is -2.56. The highest BCUT2D eigenvalue weighted by Crippen LogP contribution is 2.63. The summed E-state index contributed by atoms with van der Waals surface area (Å²) >= 11 is 0. The number of Topliss-reactive ketones (excluding diaryl/α,β-unsaturated/α-hetero) is 1. The van der Waals surface area contributed by atoms with E-state index in [4.69, 9.17) is 24.1 Å². The molecule has 2 aromatic rings. The second kappa shape index (κ2) is 14.5. The van der Waals surface area contributed by atoms with Gasteiger partial charge < -0.3 is 49.5 Å². The van der Waals surface area contributed by atoms with Crippen molar-refractivity contribution in [1.29, 1.82) is 0 Å². The van der Waals surface area contributed by atoms with E-state index in [1.165, 1.54) is 43.3 Å². The average Bonchev–Trinajstić information content (AvgIpc) is 3.46. The van der Waals surface area contributed by atoms with E-state index in [0.29, 0.717) is 18.4 Å². The lowest BCUT2D eigenvalue weighted by atomic mass is 9.52. The molecule has 0 fully saturated rings. The number of phenols is 1. The number of likely N-dealkylation sites (N-methyl/N-ethyl adjacent to an activating group) is 1. The number of benzene rings is 2. The number of aliphatic carboxylic acids is 2. The summed E-state index contributed by atoms with van der Waals surface area (Å²) in [5.41, 5.74) is -0.970.